The molecule has 10 nitrogen and oxygen atoms in total. The maximum absolute atomic E-state index is 14.1. The molecule has 3 aromatic carbocycles. The maximum Gasteiger partial charge on any atom is 0.264 e. The predicted octanol–water partition coefficient (Wildman–Crippen LogP) is 4.13. The number of ether oxygens (including phenoxy) is 3. The number of hydrogen-bond acceptors (Lipinski definition) is 7. The zero-order chi connectivity index (χ0) is 31.1. The lowest BCUT2D eigenvalue weighted by molar-refractivity contribution is -0.139. The van der Waals surface area contributed by atoms with Crippen molar-refractivity contribution in [2.45, 2.75) is 50.7 Å². The Hall–Kier alpha value is -4.32. The molecule has 2 atom stereocenters. The van der Waals surface area contributed by atoms with Crippen molar-refractivity contribution < 1.29 is 36.6 Å². The van der Waals surface area contributed by atoms with Gasteiger partial charge >= 0.3 is 0 Å². The minimum atomic E-state index is -4.37. The molecule has 1 N–H and O–H groups in total. The summed E-state index contributed by atoms with van der Waals surface area (Å²) >= 11 is 0. The fourth-order valence-electron chi connectivity index (χ4n) is 4.46. The van der Waals surface area contributed by atoms with Gasteiger partial charge in [-0.15, -0.1) is 0 Å². The molecule has 1 aliphatic heterocycles. The molecule has 0 saturated carbocycles. The third kappa shape index (κ3) is 7.56. The van der Waals surface area contributed by atoms with Gasteiger partial charge in [0.15, 0.2) is 11.5 Å². The van der Waals surface area contributed by atoms with E-state index in [4.69, 9.17) is 14.2 Å². The number of carbonyl (C=O) groups is 2. The minimum absolute atomic E-state index is 0.00640. The van der Waals surface area contributed by atoms with Crippen LogP contribution in [0.3, 0.4) is 0 Å². The number of halogens is 1. The van der Waals surface area contributed by atoms with E-state index < -0.39 is 34.3 Å². The molecular formula is C31H36FN3O7S. The van der Waals surface area contributed by atoms with Gasteiger partial charge in [0.1, 0.15) is 37.4 Å². The molecule has 12 heteroatoms. The van der Waals surface area contributed by atoms with E-state index in [2.05, 4.69) is 5.32 Å². The number of anilines is 1. The Morgan fingerprint density at radius 1 is 1.00 bits per heavy atom. The van der Waals surface area contributed by atoms with Gasteiger partial charge in [-0.3, -0.25) is 13.9 Å². The van der Waals surface area contributed by atoms with Crippen LogP contribution in [-0.4, -0.2) is 64.1 Å². The molecule has 0 aromatic heterocycles. The van der Waals surface area contributed by atoms with E-state index in [1.54, 1.807) is 31.2 Å². The highest BCUT2D eigenvalue weighted by Gasteiger charge is 2.33. The smallest absolute Gasteiger partial charge is 0.264 e. The van der Waals surface area contributed by atoms with Crippen LogP contribution in [0.5, 0.6) is 17.2 Å². The van der Waals surface area contributed by atoms with E-state index in [-0.39, 0.29) is 41.4 Å². The molecule has 0 aliphatic carbocycles. The number of fused-ring (bicyclic) bond motifs is 1. The van der Waals surface area contributed by atoms with Gasteiger partial charge in [-0.05, 0) is 74.4 Å². The van der Waals surface area contributed by atoms with Gasteiger partial charge in [-0.1, -0.05) is 19.1 Å². The van der Waals surface area contributed by atoms with Crippen molar-refractivity contribution in [3.63, 3.8) is 0 Å². The van der Waals surface area contributed by atoms with Crippen LogP contribution in [0.25, 0.3) is 0 Å². The SMILES string of the molecule is CC[C@H](C)NC(=O)[C@H](C)N(Cc1cccc(OC)c1)C(=O)CN(c1ccc(F)cc1)S(=O)(=O)c1ccc2c(c1)OCCO2. The number of methoxy groups -OCH3 is 1. The Balaban J connectivity index is 1.72. The number of nitrogens with one attached hydrogen (secondary N) is 1. The third-order valence-corrected chi connectivity index (χ3v) is 8.92. The minimum Gasteiger partial charge on any atom is -0.497 e. The number of hydrogen-bond donors (Lipinski definition) is 1. The quantitative estimate of drug-likeness (QED) is 0.327. The van der Waals surface area contributed by atoms with Crippen LogP contribution in [0.4, 0.5) is 10.1 Å². The van der Waals surface area contributed by atoms with Gasteiger partial charge < -0.3 is 24.4 Å². The second-order valence-corrected chi connectivity index (χ2v) is 12.0. The zero-order valence-electron chi connectivity index (χ0n) is 24.6. The molecule has 1 aliphatic rings. The van der Waals surface area contributed by atoms with Gasteiger partial charge in [0, 0.05) is 18.7 Å². The Morgan fingerprint density at radius 2 is 1.70 bits per heavy atom. The normalized spacial score (nSPS) is 13.9. The topological polar surface area (TPSA) is 114 Å². The fourth-order valence-corrected chi connectivity index (χ4v) is 5.89. The summed E-state index contributed by atoms with van der Waals surface area (Å²) in [5.41, 5.74) is 0.751. The number of amides is 2. The van der Waals surface area contributed by atoms with Crippen LogP contribution >= 0.6 is 0 Å². The summed E-state index contributed by atoms with van der Waals surface area (Å²) in [5, 5.41) is 2.89. The lowest BCUT2D eigenvalue weighted by Gasteiger charge is -2.32. The number of sulfonamides is 1. The highest BCUT2D eigenvalue weighted by molar-refractivity contribution is 7.92. The van der Waals surface area contributed by atoms with E-state index in [1.165, 1.54) is 42.3 Å². The molecule has 43 heavy (non-hydrogen) atoms. The third-order valence-electron chi connectivity index (χ3n) is 7.15. The largest absolute Gasteiger partial charge is 0.497 e. The van der Waals surface area contributed by atoms with Crippen molar-refractivity contribution >= 4 is 27.5 Å². The Bertz CT molecular complexity index is 1550. The summed E-state index contributed by atoms with van der Waals surface area (Å²) in [6, 6.07) is 14.9. The van der Waals surface area contributed by atoms with Gasteiger partial charge in [-0.2, -0.15) is 0 Å². The van der Waals surface area contributed by atoms with Crippen LogP contribution in [-0.2, 0) is 26.2 Å². The molecule has 0 fully saturated rings. The van der Waals surface area contributed by atoms with Crippen LogP contribution in [0.2, 0.25) is 0 Å². The van der Waals surface area contributed by atoms with E-state index in [1.807, 2.05) is 13.8 Å². The monoisotopic (exact) mass is 613 g/mol. The van der Waals surface area contributed by atoms with Crippen LogP contribution in [0.1, 0.15) is 32.8 Å². The Kier molecular flexibility index (Phi) is 10.1. The van der Waals surface area contributed by atoms with Crippen molar-refractivity contribution in [2.75, 3.05) is 31.2 Å². The van der Waals surface area contributed by atoms with E-state index >= 15 is 0 Å². The lowest BCUT2D eigenvalue weighted by Crippen LogP contribution is -2.52. The molecule has 1 heterocycles. The van der Waals surface area contributed by atoms with Gasteiger partial charge in [0.2, 0.25) is 11.8 Å². The summed E-state index contributed by atoms with van der Waals surface area (Å²) < 4.78 is 59.3. The average molecular weight is 614 g/mol. The molecule has 4 rings (SSSR count). The lowest BCUT2D eigenvalue weighted by atomic mass is 10.1. The number of rotatable bonds is 12. The molecule has 0 saturated heterocycles. The van der Waals surface area contributed by atoms with Crippen molar-refractivity contribution in [3.05, 3.63) is 78.1 Å². The summed E-state index contributed by atoms with van der Waals surface area (Å²) in [5.74, 6) is -0.362. The molecule has 0 spiro atoms. The number of benzene rings is 3. The molecule has 3 aromatic rings. The van der Waals surface area contributed by atoms with E-state index in [0.29, 0.717) is 30.1 Å². The van der Waals surface area contributed by atoms with Crippen LogP contribution < -0.4 is 23.8 Å². The first-order valence-corrected chi connectivity index (χ1v) is 15.4. The second-order valence-electron chi connectivity index (χ2n) is 10.2. The van der Waals surface area contributed by atoms with E-state index in [9.17, 15) is 22.4 Å². The first kappa shape index (κ1) is 31.6. The van der Waals surface area contributed by atoms with Crippen molar-refractivity contribution in [3.8, 4) is 17.2 Å². The van der Waals surface area contributed by atoms with Crippen LogP contribution in [0, 0.1) is 5.82 Å². The van der Waals surface area contributed by atoms with Gasteiger partial charge in [0.25, 0.3) is 10.0 Å². The molecular weight excluding hydrogens is 577 g/mol. The average Bonchev–Trinajstić information content (AvgIpc) is 3.02. The zero-order valence-corrected chi connectivity index (χ0v) is 25.4. The molecule has 0 unspecified atom stereocenters. The van der Waals surface area contributed by atoms with Gasteiger partial charge in [0.05, 0.1) is 17.7 Å². The maximum atomic E-state index is 14.1. The van der Waals surface area contributed by atoms with Crippen molar-refractivity contribution in [2.24, 2.45) is 0 Å². The number of nitrogens with zero attached hydrogens (tertiary/aromatic N) is 2. The second kappa shape index (κ2) is 13.8. The first-order valence-electron chi connectivity index (χ1n) is 13.9. The Morgan fingerprint density at radius 3 is 2.37 bits per heavy atom. The molecule has 0 radical (unpaired) electrons. The summed E-state index contributed by atoms with van der Waals surface area (Å²) in [4.78, 5) is 28.4. The summed E-state index contributed by atoms with van der Waals surface area (Å²) in [6.45, 7) is 5.31. The standard InChI is InChI=1S/C31H36FN3O7S/c1-5-21(2)33-31(37)22(3)34(19-23-7-6-8-26(17-23)40-4)30(36)20-35(25-11-9-24(32)10-12-25)43(38,39)27-13-14-28-29(18-27)42-16-15-41-28/h6-14,17-18,21-22H,5,15-16,19-20H2,1-4H3,(H,33,37)/t21-,22-/m0/s1. The highest BCUT2D eigenvalue weighted by Crippen LogP contribution is 2.34. The van der Waals surface area contributed by atoms with E-state index in [0.717, 1.165) is 16.4 Å². The van der Waals surface area contributed by atoms with Gasteiger partial charge in [-0.25, -0.2) is 12.8 Å². The molecule has 230 valence electrons. The molecule has 2 amide bonds. The highest BCUT2D eigenvalue weighted by atomic mass is 32.2. The van der Waals surface area contributed by atoms with Crippen molar-refractivity contribution in [1.82, 2.24) is 10.2 Å². The van der Waals surface area contributed by atoms with Crippen LogP contribution in [0.15, 0.2) is 71.6 Å². The van der Waals surface area contributed by atoms with Crippen molar-refractivity contribution in [1.29, 1.82) is 0 Å². The molecule has 0 bridgehead atoms. The summed E-state index contributed by atoms with van der Waals surface area (Å²) in [7, 11) is -2.85. The predicted molar refractivity (Wildman–Crippen MR) is 159 cm³/mol. The Labute approximate surface area is 251 Å². The fraction of sp³-hybridized carbons (Fsp3) is 0.355. The first-order chi connectivity index (χ1) is 20.5. The number of carbonyl (C=O) groups excluding carboxylic acids is 2. The summed E-state index contributed by atoms with van der Waals surface area (Å²) in [6.07, 6.45) is 0.689.